The molecule has 2 heterocycles. The zero-order valence-corrected chi connectivity index (χ0v) is 15.4. The Morgan fingerprint density at radius 2 is 2.00 bits per heavy atom. The third-order valence-electron chi connectivity index (χ3n) is 4.32. The molecular formula is C17H20N4O4S. The fourth-order valence-corrected chi connectivity index (χ4v) is 4.58. The second-order valence-electron chi connectivity index (χ2n) is 6.10. The summed E-state index contributed by atoms with van der Waals surface area (Å²) < 4.78 is 28.0. The van der Waals surface area contributed by atoms with Crippen molar-refractivity contribution < 1.29 is 17.9 Å². The fourth-order valence-electron chi connectivity index (χ4n) is 2.81. The molecule has 138 valence electrons. The number of methoxy groups -OCH3 is 1. The summed E-state index contributed by atoms with van der Waals surface area (Å²) in [6, 6.07) is 8.42. The number of sulfone groups is 1. The van der Waals surface area contributed by atoms with Crippen LogP contribution >= 0.6 is 0 Å². The van der Waals surface area contributed by atoms with Gasteiger partial charge in [-0.2, -0.15) is 4.98 Å². The van der Waals surface area contributed by atoms with Gasteiger partial charge in [0, 0.05) is 25.0 Å². The molecule has 0 amide bonds. The van der Waals surface area contributed by atoms with Gasteiger partial charge >= 0.3 is 5.97 Å². The van der Waals surface area contributed by atoms with E-state index in [0.29, 0.717) is 23.8 Å². The van der Waals surface area contributed by atoms with E-state index >= 15 is 0 Å². The third-order valence-corrected chi connectivity index (χ3v) is 6.07. The summed E-state index contributed by atoms with van der Waals surface area (Å²) >= 11 is 0. The maximum Gasteiger partial charge on any atom is 0.337 e. The number of benzene rings is 1. The van der Waals surface area contributed by atoms with Crippen LogP contribution in [0.15, 0.2) is 36.5 Å². The average Bonchev–Trinajstić information content (AvgIpc) is 3.01. The van der Waals surface area contributed by atoms with Crippen molar-refractivity contribution in [2.24, 2.45) is 0 Å². The van der Waals surface area contributed by atoms with Crippen LogP contribution in [0.1, 0.15) is 16.8 Å². The van der Waals surface area contributed by atoms with Gasteiger partial charge in [-0.25, -0.2) is 18.2 Å². The average molecular weight is 376 g/mol. The fraction of sp³-hybridized carbons (Fsp3) is 0.353. The van der Waals surface area contributed by atoms with Gasteiger partial charge in [0.05, 0.1) is 24.2 Å². The lowest BCUT2D eigenvalue weighted by atomic mass is 10.2. The molecule has 0 bridgehead atoms. The van der Waals surface area contributed by atoms with Gasteiger partial charge in [0.25, 0.3) is 0 Å². The number of carbonyl (C=O) groups is 1. The Morgan fingerprint density at radius 3 is 2.62 bits per heavy atom. The molecule has 0 aliphatic carbocycles. The normalized spacial score (nSPS) is 18.3. The molecule has 1 aliphatic heterocycles. The number of anilines is 3. The lowest BCUT2D eigenvalue weighted by Gasteiger charge is -2.24. The molecule has 0 saturated carbocycles. The van der Waals surface area contributed by atoms with Gasteiger partial charge in [-0.05, 0) is 36.8 Å². The van der Waals surface area contributed by atoms with Gasteiger partial charge in [0.15, 0.2) is 9.84 Å². The van der Waals surface area contributed by atoms with E-state index < -0.39 is 15.8 Å². The van der Waals surface area contributed by atoms with Crippen molar-refractivity contribution in [2.45, 2.75) is 12.5 Å². The minimum absolute atomic E-state index is 0.0814. The van der Waals surface area contributed by atoms with Crippen LogP contribution in [0.5, 0.6) is 0 Å². The molecule has 1 fully saturated rings. The minimum Gasteiger partial charge on any atom is -0.465 e. The lowest BCUT2D eigenvalue weighted by Crippen LogP contribution is -2.33. The number of hydrogen-bond donors (Lipinski definition) is 1. The SMILES string of the molecule is COC(=O)c1ccc(Nc2nccc(N(C)C3CCS(=O)(=O)C3)n2)cc1. The van der Waals surface area contributed by atoms with Gasteiger partial charge in [-0.1, -0.05) is 0 Å². The van der Waals surface area contributed by atoms with Crippen molar-refractivity contribution in [1.29, 1.82) is 0 Å². The lowest BCUT2D eigenvalue weighted by molar-refractivity contribution is 0.0601. The largest absolute Gasteiger partial charge is 0.465 e. The van der Waals surface area contributed by atoms with E-state index in [1.807, 2.05) is 11.9 Å². The zero-order chi connectivity index (χ0) is 18.7. The molecule has 1 saturated heterocycles. The molecule has 0 spiro atoms. The number of esters is 1. The molecular weight excluding hydrogens is 356 g/mol. The predicted molar refractivity (Wildman–Crippen MR) is 98.6 cm³/mol. The summed E-state index contributed by atoms with van der Waals surface area (Å²) in [5.41, 5.74) is 1.18. The molecule has 8 nitrogen and oxygen atoms in total. The van der Waals surface area contributed by atoms with Crippen LogP contribution in [-0.2, 0) is 14.6 Å². The Morgan fingerprint density at radius 1 is 1.27 bits per heavy atom. The first-order chi connectivity index (χ1) is 12.4. The van der Waals surface area contributed by atoms with Crippen molar-refractivity contribution in [3.63, 3.8) is 0 Å². The number of carbonyl (C=O) groups excluding carboxylic acids is 1. The smallest absolute Gasteiger partial charge is 0.337 e. The van der Waals surface area contributed by atoms with E-state index in [-0.39, 0.29) is 17.5 Å². The molecule has 0 radical (unpaired) electrons. The van der Waals surface area contributed by atoms with E-state index in [9.17, 15) is 13.2 Å². The number of hydrogen-bond acceptors (Lipinski definition) is 8. The number of aromatic nitrogens is 2. The second-order valence-corrected chi connectivity index (χ2v) is 8.33. The molecule has 1 N–H and O–H groups in total. The Kier molecular flexibility index (Phi) is 5.08. The van der Waals surface area contributed by atoms with Crippen LogP contribution in [0.3, 0.4) is 0 Å². The highest BCUT2D eigenvalue weighted by Gasteiger charge is 2.31. The summed E-state index contributed by atoms with van der Waals surface area (Å²) in [4.78, 5) is 22.0. The molecule has 1 unspecified atom stereocenters. The molecule has 1 aromatic carbocycles. The quantitative estimate of drug-likeness (QED) is 0.786. The van der Waals surface area contributed by atoms with E-state index in [1.165, 1.54) is 7.11 Å². The van der Waals surface area contributed by atoms with E-state index in [4.69, 9.17) is 0 Å². The zero-order valence-electron chi connectivity index (χ0n) is 14.5. The maximum atomic E-state index is 11.7. The molecule has 26 heavy (non-hydrogen) atoms. The molecule has 3 rings (SSSR count). The Bertz CT molecular complexity index is 899. The first kappa shape index (κ1) is 18.1. The topological polar surface area (TPSA) is 101 Å². The minimum atomic E-state index is -2.96. The monoisotopic (exact) mass is 376 g/mol. The predicted octanol–water partition coefficient (Wildman–Crippen LogP) is 1.63. The van der Waals surface area contributed by atoms with Crippen LogP contribution in [0.25, 0.3) is 0 Å². The van der Waals surface area contributed by atoms with Crippen molar-refractivity contribution in [3.05, 3.63) is 42.1 Å². The standard InChI is InChI=1S/C17H20N4O4S/c1-21(14-8-10-26(23,24)11-14)15-7-9-18-17(20-15)19-13-5-3-12(4-6-13)16(22)25-2/h3-7,9,14H,8,10-11H2,1-2H3,(H,18,19,20). The van der Waals surface area contributed by atoms with Gasteiger partial charge in [0.2, 0.25) is 5.95 Å². The molecule has 2 aromatic rings. The van der Waals surface area contributed by atoms with Crippen molar-refractivity contribution >= 4 is 33.3 Å². The van der Waals surface area contributed by atoms with Crippen LogP contribution < -0.4 is 10.2 Å². The molecule has 9 heteroatoms. The summed E-state index contributed by atoms with van der Waals surface area (Å²) in [6.07, 6.45) is 2.22. The highest BCUT2D eigenvalue weighted by atomic mass is 32.2. The first-order valence-electron chi connectivity index (χ1n) is 8.10. The van der Waals surface area contributed by atoms with E-state index in [1.54, 1.807) is 36.5 Å². The molecule has 1 aliphatic rings. The van der Waals surface area contributed by atoms with Crippen LogP contribution in [0.4, 0.5) is 17.5 Å². The van der Waals surface area contributed by atoms with Crippen LogP contribution in [0, 0.1) is 0 Å². The van der Waals surface area contributed by atoms with Crippen molar-refractivity contribution in [3.8, 4) is 0 Å². The van der Waals surface area contributed by atoms with Crippen LogP contribution in [0.2, 0.25) is 0 Å². The van der Waals surface area contributed by atoms with Crippen LogP contribution in [-0.4, -0.2) is 56.1 Å². The summed E-state index contributed by atoms with van der Waals surface area (Å²) in [5.74, 6) is 0.996. The highest BCUT2D eigenvalue weighted by molar-refractivity contribution is 7.91. The number of ether oxygens (including phenoxy) is 1. The third kappa shape index (κ3) is 4.10. The summed E-state index contributed by atoms with van der Waals surface area (Å²) in [7, 11) is 0.210. The van der Waals surface area contributed by atoms with Crippen molar-refractivity contribution in [2.75, 3.05) is 35.9 Å². The highest BCUT2D eigenvalue weighted by Crippen LogP contribution is 2.22. The van der Waals surface area contributed by atoms with Crippen molar-refractivity contribution in [1.82, 2.24) is 9.97 Å². The number of rotatable bonds is 5. The van der Waals surface area contributed by atoms with Gasteiger partial charge in [0.1, 0.15) is 5.82 Å². The van der Waals surface area contributed by atoms with Gasteiger partial charge in [-0.3, -0.25) is 0 Å². The first-order valence-corrected chi connectivity index (χ1v) is 9.92. The summed E-state index contributed by atoms with van der Waals surface area (Å²) in [5, 5.41) is 3.07. The number of nitrogens with one attached hydrogen (secondary N) is 1. The summed E-state index contributed by atoms with van der Waals surface area (Å²) in [6.45, 7) is 0. The number of nitrogens with zero attached hydrogens (tertiary/aromatic N) is 3. The van der Waals surface area contributed by atoms with E-state index in [2.05, 4.69) is 20.0 Å². The maximum absolute atomic E-state index is 11.7. The van der Waals surface area contributed by atoms with E-state index in [0.717, 1.165) is 5.69 Å². The van der Waals surface area contributed by atoms with Gasteiger partial charge < -0.3 is 15.0 Å². The molecule has 1 atom stereocenters. The Balaban J connectivity index is 1.72. The van der Waals surface area contributed by atoms with Gasteiger partial charge in [-0.15, -0.1) is 0 Å². The molecule has 1 aromatic heterocycles. The Labute approximate surface area is 152 Å². The second kappa shape index (κ2) is 7.28. The Hall–Kier alpha value is -2.68.